The Kier molecular flexibility index (Phi) is 6.53. The Hall–Kier alpha value is -4.28. The van der Waals surface area contributed by atoms with Crippen LogP contribution in [0.15, 0.2) is 70.5 Å². The number of amides is 1. The largest absolute Gasteiger partial charge is 0.435 e. The van der Waals surface area contributed by atoms with Crippen molar-refractivity contribution in [3.8, 4) is 5.75 Å². The van der Waals surface area contributed by atoms with Crippen LogP contribution in [0.5, 0.6) is 5.75 Å². The van der Waals surface area contributed by atoms with Gasteiger partial charge in [-0.15, -0.1) is 0 Å². The van der Waals surface area contributed by atoms with Gasteiger partial charge in [0, 0.05) is 12.2 Å². The fourth-order valence-electron chi connectivity index (χ4n) is 3.59. The molecule has 176 valence electrons. The molecule has 0 radical (unpaired) electrons. The third-order valence-corrected chi connectivity index (χ3v) is 5.17. The topological polar surface area (TPSA) is 100 Å². The van der Waals surface area contributed by atoms with Crippen LogP contribution in [-0.2, 0) is 24.4 Å². The molecule has 0 fully saturated rings. The second-order valence-electron chi connectivity index (χ2n) is 7.40. The second kappa shape index (κ2) is 9.69. The molecular formula is C23H21F2N5O4. The number of anilines is 1. The molecule has 0 spiro atoms. The van der Waals surface area contributed by atoms with E-state index in [0.717, 1.165) is 10.1 Å². The van der Waals surface area contributed by atoms with Crippen molar-refractivity contribution >= 4 is 22.8 Å². The van der Waals surface area contributed by atoms with Crippen molar-refractivity contribution in [1.29, 1.82) is 0 Å². The fourth-order valence-corrected chi connectivity index (χ4v) is 3.59. The number of imidazole rings is 1. The smallest absolute Gasteiger partial charge is 0.387 e. The normalized spacial score (nSPS) is 11.2. The van der Waals surface area contributed by atoms with Crippen LogP contribution in [0.25, 0.3) is 11.2 Å². The third kappa shape index (κ3) is 4.72. The summed E-state index contributed by atoms with van der Waals surface area (Å²) in [6.45, 7) is -1.03. The minimum absolute atomic E-state index is 0.0636. The Bertz CT molecular complexity index is 1430. The van der Waals surface area contributed by atoms with Crippen molar-refractivity contribution < 1.29 is 18.3 Å². The lowest BCUT2D eigenvalue weighted by Gasteiger charge is -2.13. The quantitative estimate of drug-likeness (QED) is 0.428. The number of halogens is 2. The van der Waals surface area contributed by atoms with Crippen molar-refractivity contribution in [3.05, 3.63) is 87.3 Å². The molecule has 0 atom stereocenters. The average molecular weight is 469 g/mol. The van der Waals surface area contributed by atoms with Crippen molar-refractivity contribution in [2.45, 2.75) is 33.2 Å². The van der Waals surface area contributed by atoms with Crippen LogP contribution in [0.1, 0.15) is 12.5 Å². The molecule has 34 heavy (non-hydrogen) atoms. The SMILES string of the molecule is CCn1cnc2c1c(=O)n(CC(=O)Nc1ccc(OC(F)F)cc1)c(=O)n2Cc1ccccc1. The first-order valence-corrected chi connectivity index (χ1v) is 10.4. The molecule has 4 aromatic rings. The third-order valence-electron chi connectivity index (χ3n) is 5.17. The lowest BCUT2D eigenvalue weighted by Crippen LogP contribution is -2.43. The van der Waals surface area contributed by atoms with Crippen molar-refractivity contribution in [1.82, 2.24) is 18.7 Å². The van der Waals surface area contributed by atoms with Gasteiger partial charge in [-0.2, -0.15) is 8.78 Å². The van der Waals surface area contributed by atoms with E-state index in [2.05, 4.69) is 15.0 Å². The lowest BCUT2D eigenvalue weighted by atomic mass is 10.2. The van der Waals surface area contributed by atoms with Gasteiger partial charge in [0.25, 0.3) is 5.56 Å². The Morgan fingerprint density at radius 1 is 1.06 bits per heavy atom. The van der Waals surface area contributed by atoms with Gasteiger partial charge in [0.1, 0.15) is 12.3 Å². The molecule has 0 saturated heterocycles. The zero-order valence-corrected chi connectivity index (χ0v) is 18.1. The summed E-state index contributed by atoms with van der Waals surface area (Å²) in [7, 11) is 0. The Balaban J connectivity index is 1.67. The highest BCUT2D eigenvalue weighted by Gasteiger charge is 2.19. The van der Waals surface area contributed by atoms with Gasteiger partial charge in [0.15, 0.2) is 11.2 Å². The standard InChI is InChI=1S/C23H21F2N5O4/c1-2-28-14-26-20-19(28)21(32)30(23(33)29(20)12-15-6-4-3-5-7-15)13-18(31)27-16-8-10-17(11-9-16)34-22(24)25/h3-11,14,22H,2,12-13H2,1H3,(H,27,31). The summed E-state index contributed by atoms with van der Waals surface area (Å²) in [6, 6.07) is 14.5. The molecule has 0 aliphatic rings. The molecule has 0 unspecified atom stereocenters. The minimum Gasteiger partial charge on any atom is -0.435 e. The molecule has 0 aliphatic heterocycles. The fraction of sp³-hybridized carbons (Fsp3) is 0.217. The molecule has 11 heteroatoms. The van der Waals surface area contributed by atoms with Crippen molar-refractivity contribution in [3.63, 3.8) is 0 Å². The number of fused-ring (bicyclic) bond motifs is 1. The first kappa shape index (κ1) is 22.9. The van der Waals surface area contributed by atoms with E-state index in [4.69, 9.17) is 0 Å². The van der Waals surface area contributed by atoms with Gasteiger partial charge in [-0.25, -0.2) is 14.3 Å². The second-order valence-corrected chi connectivity index (χ2v) is 7.40. The number of carbonyl (C=O) groups is 1. The van der Waals surface area contributed by atoms with Gasteiger partial charge < -0.3 is 14.6 Å². The van der Waals surface area contributed by atoms with E-state index in [-0.39, 0.29) is 23.5 Å². The molecular weight excluding hydrogens is 448 g/mol. The maximum absolute atomic E-state index is 13.3. The van der Waals surface area contributed by atoms with E-state index in [1.54, 1.807) is 4.57 Å². The Morgan fingerprint density at radius 2 is 1.76 bits per heavy atom. The van der Waals surface area contributed by atoms with Gasteiger partial charge in [0.05, 0.1) is 12.9 Å². The van der Waals surface area contributed by atoms with Gasteiger partial charge in [0.2, 0.25) is 5.91 Å². The minimum atomic E-state index is -2.96. The van der Waals surface area contributed by atoms with E-state index >= 15 is 0 Å². The van der Waals surface area contributed by atoms with E-state index in [1.165, 1.54) is 35.2 Å². The van der Waals surface area contributed by atoms with Gasteiger partial charge >= 0.3 is 12.3 Å². The van der Waals surface area contributed by atoms with Gasteiger partial charge in [-0.3, -0.25) is 14.2 Å². The molecule has 0 bridgehead atoms. The first-order chi connectivity index (χ1) is 16.4. The predicted octanol–water partition coefficient (Wildman–Crippen LogP) is 2.67. The number of rotatable bonds is 8. The summed E-state index contributed by atoms with van der Waals surface area (Å²) in [4.78, 5) is 43.3. The average Bonchev–Trinajstić information content (AvgIpc) is 3.25. The molecule has 1 amide bonds. The highest BCUT2D eigenvalue weighted by Crippen LogP contribution is 2.17. The van der Waals surface area contributed by atoms with Crippen LogP contribution in [0, 0.1) is 0 Å². The van der Waals surface area contributed by atoms with Gasteiger partial charge in [-0.05, 0) is 36.8 Å². The molecule has 2 heterocycles. The zero-order valence-electron chi connectivity index (χ0n) is 18.1. The maximum atomic E-state index is 13.3. The van der Waals surface area contributed by atoms with Gasteiger partial charge in [-0.1, -0.05) is 30.3 Å². The Morgan fingerprint density at radius 3 is 2.41 bits per heavy atom. The summed E-state index contributed by atoms with van der Waals surface area (Å²) < 4.78 is 32.7. The number of nitrogens with one attached hydrogen (secondary N) is 1. The highest BCUT2D eigenvalue weighted by atomic mass is 19.3. The van der Waals surface area contributed by atoms with Crippen LogP contribution < -0.4 is 21.3 Å². The van der Waals surface area contributed by atoms with Crippen molar-refractivity contribution in [2.75, 3.05) is 5.32 Å². The Labute approximate surface area is 191 Å². The van der Waals surface area contributed by atoms with Crippen LogP contribution >= 0.6 is 0 Å². The first-order valence-electron chi connectivity index (χ1n) is 10.4. The number of carbonyl (C=O) groups excluding carboxylic acids is 1. The van der Waals surface area contributed by atoms with Crippen LogP contribution in [0.3, 0.4) is 0 Å². The number of ether oxygens (including phenoxy) is 1. The number of nitrogens with zero attached hydrogens (tertiary/aromatic N) is 4. The molecule has 4 rings (SSSR count). The van der Waals surface area contributed by atoms with E-state index < -0.39 is 30.3 Å². The number of aromatic nitrogens is 4. The number of alkyl halides is 2. The lowest BCUT2D eigenvalue weighted by molar-refractivity contribution is -0.116. The summed E-state index contributed by atoms with van der Waals surface area (Å²) >= 11 is 0. The van der Waals surface area contributed by atoms with Crippen molar-refractivity contribution in [2.24, 2.45) is 0 Å². The molecule has 0 aliphatic carbocycles. The number of aryl methyl sites for hydroxylation is 1. The number of hydrogen-bond donors (Lipinski definition) is 1. The summed E-state index contributed by atoms with van der Waals surface area (Å²) in [5, 5.41) is 2.55. The molecule has 1 N–H and O–H groups in total. The maximum Gasteiger partial charge on any atom is 0.387 e. The molecule has 2 aromatic carbocycles. The molecule has 0 saturated carbocycles. The summed E-state index contributed by atoms with van der Waals surface area (Å²) in [5.74, 6) is -0.693. The number of benzene rings is 2. The molecule has 2 aromatic heterocycles. The van der Waals surface area contributed by atoms with E-state index in [0.29, 0.717) is 12.2 Å². The van der Waals surface area contributed by atoms with Crippen LogP contribution in [0.4, 0.5) is 14.5 Å². The number of hydrogen-bond acceptors (Lipinski definition) is 5. The summed E-state index contributed by atoms with van der Waals surface area (Å²) in [6.07, 6.45) is 1.49. The summed E-state index contributed by atoms with van der Waals surface area (Å²) in [5.41, 5.74) is 0.297. The van der Waals surface area contributed by atoms with E-state index in [9.17, 15) is 23.2 Å². The van der Waals surface area contributed by atoms with Crippen LogP contribution in [-0.4, -0.2) is 31.2 Å². The van der Waals surface area contributed by atoms with E-state index in [1.807, 2.05) is 37.3 Å². The highest BCUT2D eigenvalue weighted by molar-refractivity contribution is 5.90. The molecule has 9 nitrogen and oxygen atoms in total. The zero-order chi connectivity index (χ0) is 24.2. The predicted molar refractivity (Wildman–Crippen MR) is 121 cm³/mol. The van der Waals surface area contributed by atoms with Crippen LogP contribution in [0.2, 0.25) is 0 Å². The monoisotopic (exact) mass is 469 g/mol.